The van der Waals surface area contributed by atoms with E-state index in [-0.39, 0.29) is 17.1 Å². The smallest absolute Gasteiger partial charge is 0.200 e. The molecule has 7 heteroatoms. The van der Waals surface area contributed by atoms with Gasteiger partial charge in [-0.3, -0.25) is 4.79 Å². The van der Waals surface area contributed by atoms with Crippen molar-refractivity contribution in [3.8, 4) is 0 Å². The zero-order valence-corrected chi connectivity index (χ0v) is 16.9. The van der Waals surface area contributed by atoms with Crippen LogP contribution in [0.1, 0.15) is 43.7 Å². The average molecular weight is 431 g/mol. The van der Waals surface area contributed by atoms with Crippen LogP contribution in [0.3, 0.4) is 0 Å². The number of allylic oxidation sites excluding steroid dienone is 2. The molecule has 0 radical (unpaired) electrons. The number of carbonyl (C=O) groups excluding carboxylic acids is 1. The Bertz CT molecular complexity index is 1010. The molecule has 0 saturated carbocycles. The van der Waals surface area contributed by atoms with Crippen LogP contribution >= 0.6 is 28.1 Å². The summed E-state index contributed by atoms with van der Waals surface area (Å²) in [5.74, 6) is 0.995. The van der Waals surface area contributed by atoms with Gasteiger partial charge in [0.05, 0.1) is 0 Å². The number of nitrogens with two attached hydrogens (primary N) is 1. The number of rotatable bonds is 1. The van der Waals surface area contributed by atoms with Crippen molar-refractivity contribution in [3.05, 3.63) is 55.9 Å². The van der Waals surface area contributed by atoms with Gasteiger partial charge in [0, 0.05) is 33.6 Å². The highest BCUT2D eigenvalue weighted by atomic mass is 79.9. The van der Waals surface area contributed by atoms with E-state index in [2.05, 4.69) is 45.1 Å². The number of benzene rings is 1. The van der Waals surface area contributed by atoms with Crippen molar-refractivity contribution in [2.24, 2.45) is 5.41 Å². The number of fused-ring (bicyclic) bond motifs is 1. The van der Waals surface area contributed by atoms with Crippen LogP contribution in [0.15, 0.2) is 40.0 Å². The Balaban J connectivity index is 1.98. The second kappa shape index (κ2) is 6.03. The maximum atomic E-state index is 13.1. The van der Waals surface area contributed by atoms with Crippen LogP contribution in [0, 0.1) is 10.2 Å². The van der Waals surface area contributed by atoms with Crippen molar-refractivity contribution in [1.29, 1.82) is 0 Å². The number of aromatic amines is 1. The highest BCUT2D eigenvalue weighted by Crippen LogP contribution is 2.49. The normalized spacial score (nSPS) is 21.0. The first kappa shape index (κ1) is 17.4. The zero-order chi connectivity index (χ0) is 18.6. The summed E-state index contributed by atoms with van der Waals surface area (Å²) in [5.41, 5.74) is 9.70. The average Bonchev–Trinajstić information content (AvgIpc) is 2.52. The number of aromatic nitrogens is 2. The maximum absolute atomic E-state index is 13.1. The first-order chi connectivity index (χ1) is 12.2. The van der Waals surface area contributed by atoms with E-state index < -0.39 is 0 Å². The van der Waals surface area contributed by atoms with Gasteiger partial charge in [-0.2, -0.15) is 0 Å². The number of nitrogens with zero attached hydrogens (tertiary/aromatic N) is 1. The molecule has 0 saturated heterocycles. The molecule has 5 nitrogen and oxygen atoms in total. The van der Waals surface area contributed by atoms with Crippen LogP contribution < -0.4 is 11.1 Å². The molecule has 1 aliphatic carbocycles. The molecule has 0 fully saturated rings. The molecule has 1 aromatic heterocycles. The zero-order valence-electron chi connectivity index (χ0n) is 14.5. The van der Waals surface area contributed by atoms with Gasteiger partial charge in [-0.15, -0.1) is 0 Å². The van der Waals surface area contributed by atoms with Crippen LogP contribution in [-0.4, -0.2) is 15.8 Å². The lowest BCUT2D eigenvalue weighted by molar-refractivity contribution is -0.118. The molecule has 1 aliphatic heterocycles. The minimum absolute atomic E-state index is 0.0894. The lowest BCUT2D eigenvalue weighted by Crippen LogP contribution is -2.34. The Labute approximate surface area is 165 Å². The van der Waals surface area contributed by atoms with E-state index in [1.165, 1.54) is 0 Å². The molecule has 4 rings (SSSR count). The molecule has 2 aliphatic rings. The number of Topliss-reactive ketones (excluding diaryl/α,β-unsaturated/α-hetero) is 1. The largest absolute Gasteiger partial charge is 0.385 e. The fourth-order valence-corrected chi connectivity index (χ4v) is 4.41. The molecule has 2 aromatic rings. The maximum Gasteiger partial charge on any atom is 0.200 e. The predicted molar refractivity (Wildman–Crippen MR) is 108 cm³/mol. The van der Waals surface area contributed by atoms with Crippen molar-refractivity contribution >= 4 is 45.6 Å². The van der Waals surface area contributed by atoms with Gasteiger partial charge in [0.1, 0.15) is 11.6 Å². The molecule has 1 atom stereocenters. The number of hydrogen-bond donors (Lipinski definition) is 3. The van der Waals surface area contributed by atoms with Crippen molar-refractivity contribution in [3.63, 3.8) is 0 Å². The van der Waals surface area contributed by atoms with Gasteiger partial charge in [0.25, 0.3) is 0 Å². The van der Waals surface area contributed by atoms with Gasteiger partial charge in [-0.1, -0.05) is 41.9 Å². The van der Waals surface area contributed by atoms with E-state index in [4.69, 9.17) is 18.0 Å². The Morgan fingerprint density at radius 1 is 1.27 bits per heavy atom. The first-order valence-electron chi connectivity index (χ1n) is 8.43. The number of ketones is 1. The van der Waals surface area contributed by atoms with Crippen LogP contribution in [-0.2, 0) is 4.79 Å². The second-order valence-corrected chi connectivity index (χ2v) is 8.96. The lowest BCUT2D eigenvalue weighted by Gasteiger charge is -2.39. The van der Waals surface area contributed by atoms with E-state index in [1.807, 2.05) is 24.3 Å². The number of carbonyl (C=O) groups is 1. The van der Waals surface area contributed by atoms with E-state index in [9.17, 15) is 4.79 Å². The summed E-state index contributed by atoms with van der Waals surface area (Å²) in [7, 11) is 0. The van der Waals surface area contributed by atoms with Gasteiger partial charge < -0.3 is 16.0 Å². The van der Waals surface area contributed by atoms with E-state index in [0.717, 1.165) is 33.3 Å². The summed E-state index contributed by atoms with van der Waals surface area (Å²) < 4.78 is 1.31. The molecule has 1 unspecified atom stereocenters. The molecular weight excluding hydrogens is 412 g/mol. The fraction of sp³-hybridized carbons (Fsp3) is 0.316. The van der Waals surface area contributed by atoms with Gasteiger partial charge >= 0.3 is 0 Å². The monoisotopic (exact) mass is 430 g/mol. The van der Waals surface area contributed by atoms with Gasteiger partial charge in [-0.25, -0.2) is 4.98 Å². The van der Waals surface area contributed by atoms with Crippen molar-refractivity contribution in [1.82, 2.24) is 9.97 Å². The predicted octanol–water partition coefficient (Wildman–Crippen LogP) is 4.68. The molecular formula is C19H19BrN4OS. The van der Waals surface area contributed by atoms with Gasteiger partial charge in [0.15, 0.2) is 10.6 Å². The summed E-state index contributed by atoms with van der Waals surface area (Å²) in [5, 5.41) is 3.35. The molecule has 2 heterocycles. The van der Waals surface area contributed by atoms with E-state index in [0.29, 0.717) is 22.8 Å². The summed E-state index contributed by atoms with van der Waals surface area (Å²) in [6.07, 6.45) is 1.31. The number of halogens is 1. The highest BCUT2D eigenvalue weighted by molar-refractivity contribution is 9.10. The second-order valence-electron chi connectivity index (χ2n) is 7.66. The summed E-state index contributed by atoms with van der Waals surface area (Å²) >= 11 is 8.67. The Hall–Kier alpha value is -1.99. The fourth-order valence-electron chi connectivity index (χ4n) is 3.94. The summed E-state index contributed by atoms with van der Waals surface area (Å²) in [6, 6.07) is 7.98. The standard InChI is InChI=1S/C19H19BrN4OS/c1-19(2)7-11-14(12(25)8-19)13(9-3-5-10(20)6-4-9)15-16(21)23-18(26)24-17(15)22-11/h3-6,13H,7-8H2,1-2H3,(H4,21,22,23,24,26). The number of hydrogen-bond acceptors (Lipinski definition) is 5. The van der Waals surface area contributed by atoms with Gasteiger partial charge in [0.2, 0.25) is 0 Å². The topological polar surface area (TPSA) is 83.8 Å². The number of H-pyrrole nitrogens is 1. The molecule has 0 bridgehead atoms. The van der Waals surface area contributed by atoms with Crippen LogP contribution in [0.2, 0.25) is 0 Å². The Morgan fingerprint density at radius 2 is 1.96 bits per heavy atom. The molecule has 1 aromatic carbocycles. The van der Waals surface area contributed by atoms with E-state index in [1.54, 1.807) is 0 Å². The van der Waals surface area contributed by atoms with Crippen molar-refractivity contribution in [2.45, 2.75) is 32.6 Å². The van der Waals surface area contributed by atoms with E-state index >= 15 is 0 Å². The third-order valence-corrected chi connectivity index (χ3v) is 5.69. The van der Waals surface area contributed by atoms with Crippen LogP contribution in [0.5, 0.6) is 0 Å². The molecule has 0 amide bonds. The SMILES string of the molecule is CC1(C)CC(=O)C2=C(C1)Nc1nc(=S)[nH]c(N)c1C2c1ccc(Br)cc1. The third-order valence-electron chi connectivity index (χ3n) is 4.97. The summed E-state index contributed by atoms with van der Waals surface area (Å²) in [6.45, 7) is 4.22. The van der Waals surface area contributed by atoms with Gasteiger partial charge in [-0.05, 0) is 41.7 Å². The minimum Gasteiger partial charge on any atom is -0.385 e. The quantitative estimate of drug-likeness (QED) is 0.571. The number of nitrogen functional groups attached to an aromatic ring is 1. The number of anilines is 2. The van der Waals surface area contributed by atoms with Crippen molar-refractivity contribution < 1.29 is 4.79 Å². The van der Waals surface area contributed by atoms with Crippen LogP contribution in [0.25, 0.3) is 0 Å². The molecule has 4 N–H and O–H groups in total. The Morgan fingerprint density at radius 3 is 2.65 bits per heavy atom. The van der Waals surface area contributed by atoms with Crippen molar-refractivity contribution in [2.75, 3.05) is 11.1 Å². The van der Waals surface area contributed by atoms with Crippen LogP contribution in [0.4, 0.5) is 11.6 Å². The Kier molecular flexibility index (Phi) is 4.04. The molecule has 134 valence electrons. The molecule has 26 heavy (non-hydrogen) atoms. The summed E-state index contributed by atoms with van der Waals surface area (Å²) in [4.78, 5) is 20.5. The molecule has 0 spiro atoms. The first-order valence-corrected chi connectivity index (χ1v) is 9.64. The number of nitrogens with one attached hydrogen (secondary N) is 2. The minimum atomic E-state index is -0.253. The highest BCUT2D eigenvalue weighted by Gasteiger charge is 2.42. The third kappa shape index (κ3) is 2.89. The lowest BCUT2D eigenvalue weighted by atomic mass is 9.69.